The highest BCUT2D eigenvalue weighted by molar-refractivity contribution is 6.05. The molecule has 1 saturated heterocycles. The van der Waals surface area contributed by atoms with Gasteiger partial charge in [0.2, 0.25) is 11.8 Å². The summed E-state index contributed by atoms with van der Waals surface area (Å²) in [5, 5.41) is 2.31. The van der Waals surface area contributed by atoms with E-state index < -0.39 is 6.04 Å². The molecule has 1 N–H and O–H groups in total. The van der Waals surface area contributed by atoms with E-state index in [1.54, 1.807) is 4.90 Å². The Hall–Kier alpha value is -2.43. The van der Waals surface area contributed by atoms with Crippen LogP contribution in [0.5, 0.6) is 0 Å². The molecule has 5 nitrogen and oxygen atoms in total. The number of hydrogen-bond donors (Lipinski definition) is 1. The molecule has 0 bridgehead atoms. The Labute approximate surface area is 129 Å². The van der Waals surface area contributed by atoms with Crippen molar-refractivity contribution in [2.75, 3.05) is 0 Å². The average Bonchev–Trinajstić information content (AvgIpc) is 2.76. The molecule has 0 radical (unpaired) electrons. The molecule has 1 aromatic carbocycles. The third-order valence-electron chi connectivity index (χ3n) is 4.26. The lowest BCUT2D eigenvalue weighted by Crippen LogP contribution is -2.52. The number of imide groups is 1. The van der Waals surface area contributed by atoms with Gasteiger partial charge in [-0.25, -0.2) is 0 Å². The third-order valence-corrected chi connectivity index (χ3v) is 4.26. The molecule has 0 aliphatic carbocycles. The van der Waals surface area contributed by atoms with Gasteiger partial charge >= 0.3 is 0 Å². The fourth-order valence-corrected chi connectivity index (χ4v) is 3.11. The Morgan fingerprint density at radius 3 is 2.73 bits per heavy atom. The van der Waals surface area contributed by atoms with E-state index in [2.05, 4.69) is 5.32 Å². The SMILES string of the molecule is C/C=C\c1cc2c(cc1C)CN(C1CCC(=O)NC1=O)C2=O. The van der Waals surface area contributed by atoms with E-state index in [1.165, 1.54) is 0 Å². The fraction of sp³-hybridized carbons (Fsp3) is 0.353. The summed E-state index contributed by atoms with van der Waals surface area (Å²) in [6.07, 6.45) is 4.58. The summed E-state index contributed by atoms with van der Waals surface area (Å²) in [5.74, 6) is -0.769. The second-order valence-corrected chi connectivity index (χ2v) is 5.77. The molecule has 1 unspecified atom stereocenters. The monoisotopic (exact) mass is 298 g/mol. The van der Waals surface area contributed by atoms with Crippen LogP contribution in [-0.2, 0) is 16.1 Å². The largest absolute Gasteiger partial charge is 0.322 e. The molecule has 3 rings (SSSR count). The van der Waals surface area contributed by atoms with Crippen LogP contribution >= 0.6 is 0 Å². The Balaban J connectivity index is 1.91. The zero-order valence-corrected chi connectivity index (χ0v) is 12.7. The standard InChI is InChI=1S/C17H18N2O3/c1-3-4-11-8-13-12(7-10(11)2)9-19(17(13)22)14-5-6-15(20)18-16(14)21/h3-4,7-8,14H,5-6,9H2,1-2H3,(H,18,20,21)/b4-3-. The number of nitrogens with one attached hydrogen (secondary N) is 1. The molecule has 2 aliphatic rings. The number of nitrogens with zero attached hydrogens (tertiary/aromatic N) is 1. The van der Waals surface area contributed by atoms with Gasteiger partial charge in [0.1, 0.15) is 6.04 Å². The summed E-state index contributed by atoms with van der Waals surface area (Å²) in [7, 11) is 0. The van der Waals surface area contributed by atoms with Gasteiger partial charge in [-0.15, -0.1) is 0 Å². The summed E-state index contributed by atoms with van der Waals surface area (Å²) in [5.41, 5.74) is 3.72. The van der Waals surface area contributed by atoms with Gasteiger partial charge in [-0.1, -0.05) is 18.2 Å². The van der Waals surface area contributed by atoms with Crippen molar-refractivity contribution in [3.05, 3.63) is 40.5 Å². The van der Waals surface area contributed by atoms with Gasteiger partial charge in [0.15, 0.2) is 0 Å². The van der Waals surface area contributed by atoms with Crippen LogP contribution in [-0.4, -0.2) is 28.7 Å². The van der Waals surface area contributed by atoms with E-state index in [0.717, 1.165) is 16.7 Å². The van der Waals surface area contributed by atoms with Gasteiger partial charge in [0.05, 0.1) is 0 Å². The van der Waals surface area contributed by atoms with Crippen LogP contribution in [0.1, 0.15) is 46.8 Å². The topological polar surface area (TPSA) is 66.5 Å². The van der Waals surface area contributed by atoms with Crippen molar-refractivity contribution in [1.29, 1.82) is 0 Å². The van der Waals surface area contributed by atoms with Crippen LogP contribution in [0, 0.1) is 6.92 Å². The third kappa shape index (κ3) is 2.32. The van der Waals surface area contributed by atoms with Gasteiger partial charge in [-0.3, -0.25) is 19.7 Å². The first-order valence-electron chi connectivity index (χ1n) is 7.42. The zero-order chi connectivity index (χ0) is 15.9. The number of aryl methyl sites for hydroxylation is 1. The number of allylic oxidation sites excluding steroid dienone is 1. The van der Waals surface area contributed by atoms with E-state index in [9.17, 15) is 14.4 Å². The molecule has 1 aromatic rings. The number of carbonyl (C=O) groups excluding carboxylic acids is 3. The Morgan fingerprint density at radius 2 is 2.05 bits per heavy atom. The van der Waals surface area contributed by atoms with Crippen LogP contribution in [0.25, 0.3) is 6.08 Å². The molecule has 0 aromatic heterocycles. The van der Waals surface area contributed by atoms with Crippen molar-refractivity contribution in [1.82, 2.24) is 10.2 Å². The van der Waals surface area contributed by atoms with Gasteiger partial charge in [0, 0.05) is 18.5 Å². The number of benzene rings is 1. The van der Waals surface area contributed by atoms with Crippen molar-refractivity contribution in [3.8, 4) is 0 Å². The highest BCUT2D eigenvalue weighted by Gasteiger charge is 2.39. The van der Waals surface area contributed by atoms with E-state index >= 15 is 0 Å². The van der Waals surface area contributed by atoms with Crippen molar-refractivity contribution in [2.45, 2.75) is 39.3 Å². The quantitative estimate of drug-likeness (QED) is 0.847. The first kappa shape index (κ1) is 14.5. The van der Waals surface area contributed by atoms with Gasteiger partial charge in [0.25, 0.3) is 5.91 Å². The lowest BCUT2D eigenvalue weighted by atomic mass is 10.0. The number of hydrogen-bond acceptors (Lipinski definition) is 3. The van der Waals surface area contributed by atoms with Crippen molar-refractivity contribution in [3.63, 3.8) is 0 Å². The second kappa shape index (κ2) is 5.40. The predicted octanol–water partition coefficient (Wildman–Crippen LogP) is 1.79. The number of amides is 3. The molecule has 1 atom stereocenters. The van der Waals surface area contributed by atoms with Crippen molar-refractivity contribution >= 4 is 23.8 Å². The first-order chi connectivity index (χ1) is 10.5. The molecular formula is C17H18N2O3. The van der Waals surface area contributed by atoms with E-state index in [-0.39, 0.29) is 24.1 Å². The smallest absolute Gasteiger partial charge is 0.255 e. The first-order valence-corrected chi connectivity index (χ1v) is 7.42. The van der Waals surface area contributed by atoms with Crippen LogP contribution in [0.2, 0.25) is 0 Å². The van der Waals surface area contributed by atoms with E-state index in [4.69, 9.17) is 0 Å². The maximum atomic E-state index is 12.6. The molecule has 114 valence electrons. The summed E-state index contributed by atoms with van der Waals surface area (Å²) < 4.78 is 0. The molecule has 2 aliphatic heterocycles. The number of rotatable bonds is 2. The summed E-state index contributed by atoms with van der Waals surface area (Å²) in [4.78, 5) is 37.4. The Kier molecular flexibility index (Phi) is 3.56. The maximum absolute atomic E-state index is 12.6. The normalized spacial score (nSPS) is 21.5. The van der Waals surface area contributed by atoms with E-state index in [1.807, 2.05) is 38.1 Å². The highest BCUT2D eigenvalue weighted by atomic mass is 16.2. The van der Waals surface area contributed by atoms with Crippen LogP contribution in [0.3, 0.4) is 0 Å². The summed E-state index contributed by atoms with van der Waals surface area (Å²) in [6, 6.07) is 3.34. The van der Waals surface area contributed by atoms with Crippen LogP contribution in [0.4, 0.5) is 0 Å². The number of piperidine rings is 1. The Bertz CT molecular complexity index is 706. The minimum atomic E-state index is -0.553. The summed E-state index contributed by atoms with van der Waals surface area (Å²) >= 11 is 0. The number of fused-ring (bicyclic) bond motifs is 1. The minimum absolute atomic E-state index is 0.129. The van der Waals surface area contributed by atoms with Crippen LogP contribution in [0.15, 0.2) is 18.2 Å². The van der Waals surface area contributed by atoms with Gasteiger partial charge in [-0.2, -0.15) is 0 Å². The molecule has 0 saturated carbocycles. The highest BCUT2D eigenvalue weighted by Crippen LogP contribution is 2.30. The molecule has 5 heteroatoms. The molecular weight excluding hydrogens is 280 g/mol. The zero-order valence-electron chi connectivity index (χ0n) is 12.7. The fourth-order valence-electron chi connectivity index (χ4n) is 3.11. The van der Waals surface area contributed by atoms with Gasteiger partial charge in [-0.05, 0) is 43.0 Å². The summed E-state index contributed by atoms with van der Waals surface area (Å²) in [6.45, 7) is 4.37. The molecule has 1 fully saturated rings. The Morgan fingerprint density at radius 1 is 1.27 bits per heavy atom. The van der Waals surface area contributed by atoms with Crippen molar-refractivity contribution < 1.29 is 14.4 Å². The van der Waals surface area contributed by atoms with Crippen LogP contribution < -0.4 is 5.32 Å². The lowest BCUT2D eigenvalue weighted by Gasteiger charge is -2.29. The molecule has 0 spiro atoms. The predicted molar refractivity (Wildman–Crippen MR) is 81.9 cm³/mol. The lowest BCUT2D eigenvalue weighted by molar-refractivity contribution is -0.136. The van der Waals surface area contributed by atoms with Gasteiger partial charge < -0.3 is 4.90 Å². The van der Waals surface area contributed by atoms with Crippen molar-refractivity contribution in [2.24, 2.45) is 0 Å². The minimum Gasteiger partial charge on any atom is -0.322 e. The van der Waals surface area contributed by atoms with E-state index in [0.29, 0.717) is 18.5 Å². The molecule has 2 heterocycles. The molecule has 3 amide bonds. The second-order valence-electron chi connectivity index (χ2n) is 5.77. The molecule has 22 heavy (non-hydrogen) atoms. The number of carbonyl (C=O) groups is 3. The maximum Gasteiger partial charge on any atom is 0.255 e. The average molecular weight is 298 g/mol.